The Morgan fingerprint density at radius 2 is 0.476 bits per heavy atom. The summed E-state index contributed by atoms with van der Waals surface area (Å²) < 4.78 is 0. The van der Waals surface area contributed by atoms with Crippen LogP contribution in [0.15, 0.2) is 261 Å². The van der Waals surface area contributed by atoms with E-state index in [1.165, 1.54) is 88.3 Å². The maximum Gasteiger partial charge on any atom is 0.0462 e. The maximum absolute atomic E-state index is 2.35. The van der Waals surface area contributed by atoms with Gasteiger partial charge in [0.15, 0.2) is 0 Å². The van der Waals surface area contributed by atoms with E-state index in [-0.39, 0.29) is 0 Å². The number of anilines is 3. The lowest BCUT2D eigenvalue weighted by Gasteiger charge is -2.26. The fourth-order valence-electron chi connectivity index (χ4n) is 8.99. The van der Waals surface area contributed by atoms with Gasteiger partial charge in [0.25, 0.3) is 0 Å². The summed E-state index contributed by atoms with van der Waals surface area (Å²) in [6, 6.07) is 94.5. The lowest BCUT2D eigenvalue weighted by atomic mass is 9.94. The van der Waals surface area contributed by atoms with E-state index in [0.29, 0.717) is 0 Å². The van der Waals surface area contributed by atoms with Crippen LogP contribution in [0.1, 0.15) is 0 Å². The fraction of sp³-hybridized carbons (Fsp3) is 0. The third-order valence-electron chi connectivity index (χ3n) is 12.3. The largest absolute Gasteiger partial charge is 0.311 e. The van der Waals surface area contributed by atoms with Crippen molar-refractivity contribution >= 4 is 38.6 Å². The molecule has 0 aliphatic rings. The number of hydrogen-bond acceptors (Lipinski definition) is 1. The number of hydrogen-bond donors (Lipinski definition) is 0. The van der Waals surface area contributed by atoms with Gasteiger partial charge >= 0.3 is 0 Å². The van der Waals surface area contributed by atoms with Crippen LogP contribution < -0.4 is 4.90 Å². The average Bonchev–Trinajstić information content (AvgIpc) is 3.37. The monoisotopic (exact) mass is 801 g/mol. The predicted octanol–water partition coefficient (Wildman–Crippen LogP) is 17.5. The van der Waals surface area contributed by atoms with Gasteiger partial charge in [0, 0.05) is 17.1 Å². The molecule has 1 heteroatoms. The minimum atomic E-state index is 1.10. The lowest BCUT2D eigenvalue weighted by Crippen LogP contribution is -2.09. The molecule has 0 radical (unpaired) electrons. The molecule has 0 aliphatic heterocycles. The van der Waals surface area contributed by atoms with E-state index in [0.717, 1.165) is 17.1 Å². The minimum Gasteiger partial charge on any atom is -0.311 e. The average molecular weight is 802 g/mol. The molecule has 0 saturated heterocycles. The third-order valence-corrected chi connectivity index (χ3v) is 12.3. The Balaban J connectivity index is 0.920. The summed E-state index contributed by atoms with van der Waals surface area (Å²) in [6.07, 6.45) is 0. The van der Waals surface area contributed by atoms with Gasteiger partial charge in [0.1, 0.15) is 0 Å². The van der Waals surface area contributed by atoms with Crippen LogP contribution in [0.4, 0.5) is 17.1 Å². The molecule has 0 atom stereocenters. The summed E-state index contributed by atoms with van der Waals surface area (Å²) in [6.45, 7) is 0. The zero-order valence-corrected chi connectivity index (χ0v) is 34.8. The van der Waals surface area contributed by atoms with Gasteiger partial charge in [-0.1, -0.05) is 212 Å². The van der Waals surface area contributed by atoms with Gasteiger partial charge in [-0.3, -0.25) is 0 Å². The third kappa shape index (κ3) is 7.58. The van der Waals surface area contributed by atoms with Crippen molar-refractivity contribution in [2.45, 2.75) is 0 Å². The van der Waals surface area contributed by atoms with Crippen molar-refractivity contribution < 1.29 is 0 Å². The predicted molar refractivity (Wildman–Crippen MR) is 269 cm³/mol. The normalized spacial score (nSPS) is 11.2. The quantitative estimate of drug-likeness (QED) is 0.141. The molecule has 0 aromatic heterocycles. The Hall–Kier alpha value is -8.26. The second kappa shape index (κ2) is 16.7. The molecule has 296 valence electrons. The van der Waals surface area contributed by atoms with Crippen molar-refractivity contribution in [2.75, 3.05) is 4.90 Å². The molecule has 0 aliphatic carbocycles. The van der Waals surface area contributed by atoms with Gasteiger partial charge in [-0.15, -0.1) is 0 Å². The molecule has 0 unspecified atom stereocenters. The van der Waals surface area contributed by atoms with Gasteiger partial charge in [-0.25, -0.2) is 0 Å². The Kier molecular flexibility index (Phi) is 9.97. The van der Waals surface area contributed by atoms with Crippen LogP contribution in [0.3, 0.4) is 0 Å². The van der Waals surface area contributed by atoms with Crippen molar-refractivity contribution in [3.8, 4) is 66.8 Å². The summed E-state index contributed by atoms with van der Waals surface area (Å²) in [5.41, 5.74) is 17.8. The summed E-state index contributed by atoms with van der Waals surface area (Å²) >= 11 is 0. The summed E-state index contributed by atoms with van der Waals surface area (Å²) in [5.74, 6) is 0. The molecule has 0 heterocycles. The summed E-state index contributed by atoms with van der Waals surface area (Å²) in [7, 11) is 0. The van der Waals surface area contributed by atoms with Crippen molar-refractivity contribution in [1.82, 2.24) is 0 Å². The van der Waals surface area contributed by atoms with Crippen molar-refractivity contribution in [2.24, 2.45) is 0 Å². The second-order valence-corrected chi connectivity index (χ2v) is 16.1. The lowest BCUT2D eigenvalue weighted by molar-refractivity contribution is 1.28. The first-order valence-corrected chi connectivity index (χ1v) is 21.7. The SMILES string of the molecule is c1ccc(-c2ccc(N(c3ccc(-c4ccc(-c5cccc6ccc(-c7ccccc7)cc56)cc4)cc3)c3ccc(-c4cccc5ccc(-c6ccccc6)cc45)cc3)cc2)cc1. The van der Waals surface area contributed by atoms with Crippen LogP contribution in [-0.2, 0) is 0 Å². The molecule has 0 spiro atoms. The standard InChI is InChI=1S/C62H43N/c1-4-12-44(13-5-1)48-30-36-56(37-31-48)63(58-40-34-53(35-41-58)60-21-11-19-51-27-29-55(43-62(51)60)46-16-8-3-9-17-46)57-38-32-49(33-39-57)47-22-24-52(25-23-47)59-20-10-18-50-26-28-54(42-61(50)59)45-14-6-2-7-15-45/h1-43H. The molecule has 0 saturated carbocycles. The number of fused-ring (bicyclic) bond motifs is 2. The molecule has 0 N–H and O–H groups in total. The Labute approximate surface area is 369 Å². The van der Waals surface area contributed by atoms with Gasteiger partial charge in [0.05, 0.1) is 0 Å². The minimum absolute atomic E-state index is 1.10. The highest BCUT2D eigenvalue weighted by atomic mass is 15.1. The van der Waals surface area contributed by atoms with Crippen LogP contribution in [0.2, 0.25) is 0 Å². The van der Waals surface area contributed by atoms with Crippen molar-refractivity contribution in [1.29, 1.82) is 0 Å². The Morgan fingerprint density at radius 3 is 0.857 bits per heavy atom. The fourth-order valence-corrected chi connectivity index (χ4v) is 8.99. The smallest absolute Gasteiger partial charge is 0.0462 e. The molecular formula is C62H43N. The summed E-state index contributed by atoms with van der Waals surface area (Å²) in [5, 5.41) is 4.98. The number of benzene rings is 11. The van der Waals surface area contributed by atoms with Gasteiger partial charge < -0.3 is 4.90 Å². The molecule has 0 amide bonds. The van der Waals surface area contributed by atoms with Gasteiger partial charge in [-0.05, 0) is 137 Å². The molecule has 63 heavy (non-hydrogen) atoms. The zero-order chi connectivity index (χ0) is 42.0. The second-order valence-electron chi connectivity index (χ2n) is 16.1. The van der Waals surface area contributed by atoms with E-state index < -0.39 is 0 Å². The van der Waals surface area contributed by atoms with Crippen molar-refractivity contribution in [3.63, 3.8) is 0 Å². The molecule has 0 bridgehead atoms. The van der Waals surface area contributed by atoms with E-state index in [4.69, 9.17) is 0 Å². The topological polar surface area (TPSA) is 3.24 Å². The van der Waals surface area contributed by atoms with E-state index >= 15 is 0 Å². The zero-order valence-electron chi connectivity index (χ0n) is 34.8. The number of nitrogens with zero attached hydrogens (tertiary/aromatic N) is 1. The Morgan fingerprint density at radius 1 is 0.190 bits per heavy atom. The first kappa shape index (κ1) is 37.7. The van der Waals surface area contributed by atoms with Crippen LogP contribution in [-0.4, -0.2) is 0 Å². The molecular weight excluding hydrogens is 759 g/mol. The van der Waals surface area contributed by atoms with Gasteiger partial charge in [-0.2, -0.15) is 0 Å². The van der Waals surface area contributed by atoms with E-state index in [1.54, 1.807) is 0 Å². The Bertz CT molecular complexity index is 3320. The molecule has 11 aromatic rings. The first-order valence-electron chi connectivity index (χ1n) is 21.7. The van der Waals surface area contributed by atoms with Crippen molar-refractivity contribution in [3.05, 3.63) is 261 Å². The van der Waals surface area contributed by atoms with Gasteiger partial charge in [0.2, 0.25) is 0 Å². The summed E-state index contributed by atoms with van der Waals surface area (Å²) in [4.78, 5) is 2.35. The highest BCUT2D eigenvalue weighted by molar-refractivity contribution is 6.00. The van der Waals surface area contributed by atoms with E-state index in [9.17, 15) is 0 Å². The maximum atomic E-state index is 2.35. The molecule has 0 fully saturated rings. The van der Waals surface area contributed by atoms with Crippen LogP contribution in [0, 0.1) is 0 Å². The van der Waals surface area contributed by atoms with Crippen LogP contribution in [0.5, 0.6) is 0 Å². The highest BCUT2D eigenvalue weighted by Gasteiger charge is 2.15. The molecule has 11 aromatic carbocycles. The molecule has 1 nitrogen and oxygen atoms in total. The van der Waals surface area contributed by atoms with Crippen LogP contribution >= 0.6 is 0 Å². The number of rotatable bonds is 9. The first-order chi connectivity index (χ1) is 31.2. The van der Waals surface area contributed by atoms with E-state index in [2.05, 4.69) is 266 Å². The molecule has 11 rings (SSSR count). The van der Waals surface area contributed by atoms with Crippen LogP contribution in [0.25, 0.3) is 88.3 Å². The van der Waals surface area contributed by atoms with E-state index in [1.807, 2.05) is 0 Å². The highest BCUT2D eigenvalue weighted by Crippen LogP contribution is 2.40.